The summed E-state index contributed by atoms with van der Waals surface area (Å²) in [4.78, 5) is 26.4. The minimum atomic E-state index is -0.465. The minimum absolute atomic E-state index is 0.0345. The molecule has 0 bridgehead atoms. The Balaban J connectivity index is 1.87. The molecule has 0 aliphatic rings. The molecular formula is C15H12N4O2. The van der Waals surface area contributed by atoms with Crippen molar-refractivity contribution in [3.05, 3.63) is 77.0 Å². The van der Waals surface area contributed by atoms with Crippen molar-refractivity contribution >= 4 is 11.6 Å². The van der Waals surface area contributed by atoms with Crippen molar-refractivity contribution in [1.82, 2.24) is 14.8 Å². The zero-order valence-electron chi connectivity index (χ0n) is 11.0. The zero-order chi connectivity index (χ0) is 14.7. The van der Waals surface area contributed by atoms with Crippen LogP contribution in [0, 0.1) is 0 Å². The quantitative estimate of drug-likeness (QED) is 0.768. The third kappa shape index (κ3) is 2.74. The number of para-hydroxylation sites is 2. The number of hydrogen-bond donors (Lipinski definition) is 2. The standard InChI is InChI=1S/C15H12N4O2/c20-14(16-11-7-3-1-4-8-11)13-17-15(21)19(18-13)12-9-5-2-6-10-12/h1-10H,(H,16,20)(H,17,18,21). The summed E-state index contributed by atoms with van der Waals surface area (Å²) >= 11 is 0. The molecule has 6 heteroatoms. The summed E-state index contributed by atoms with van der Waals surface area (Å²) in [6, 6.07) is 17.9. The first-order valence-electron chi connectivity index (χ1n) is 6.35. The summed E-state index contributed by atoms with van der Waals surface area (Å²) in [6.45, 7) is 0. The fourth-order valence-corrected chi connectivity index (χ4v) is 1.88. The number of H-pyrrole nitrogens is 1. The number of rotatable bonds is 3. The molecule has 1 heterocycles. The Kier molecular flexibility index (Phi) is 3.34. The van der Waals surface area contributed by atoms with Crippen LogP contribution in [0.4, 0.5) is 5.69 Å². The average molecular weight is 280 g/mol. The number of benzene rings is 2. The van der Waals surface area contributed by atoms with Crippen molar-refractivity contribution in [2.75, 3.05) is 5.32 Å². The van der Waals surface area contributed by atoms with Gasteiger partial charge in [0, 0.05) is 5.69 Å². The second-order valence-electron chi connectivity index (χ2n) is 4.35. The van der Waals surface area contributed by atoms with E-state index in [9.17, 15) is 9.59 Å². The number of amides is 1. The Bertz CT molecular complexity index is 806. The van der Waals surface area contributed by atoms with Gasteiger partial charge in [0.1, 0.15) is 0 Å². The molecule has 0 aliphatic heterocycles. The Labute approximate surface area is 120 Å². The van der Waals surface area contributed by atoms with Gasteiger partial charge in [-0.1, -0.05) is 36.4 Å². The molecular weight excluding hydrogens is 268 g/mol. The lowest BCUT2D eigenvalue weighted by molar-refractivity contribution is 0.101. The Morgan fingerprint density at radius 3 is 2.29 bits per heavy atom. The third-order valence-corrected chi connectivity index (χ3v) is 2.87. The Morgan fingerprint density at radius 1 is 1.00 bits per heavy atom. The van der Waals surface area contributed by atoms with Crippen LogP contribution in [0.15, 0.2) is 65.5 Å². The molecule has 2 N–H and O–H groups in total. The van der Waals surface area contributed by atoms with Gasteiger partial charge < -0.3 is 5.32 Å². The normalized spacial score (nSPS) is 10.3. The molecule has 104 valence electrons. The summed E-state index contributed by atoms with van der Waals surface area (Å²) < 4.78 is 1.15. The second kappa shape index (κ2) is 5.46. The Morgan fingerprint density at radius 2 is 1.62 bits per heavy atom. The van der Waals surface area contributed by atoms with Crippen molar-refractivity contribution in [3.8, 4) is 5.69 Å². The molecule has 3 aromatic rings. The highest BCUT2D eigenvalue weighted by Gasteiger charge is 2.14. The van der Waals surface area contributed by atoms with Crippen LogP contribution in [0.3, 0.4) is 0 Å². The van der Waals surface area contributed by atoms with Crippen LogP contribution in [0.5, 0.6) is 0 Å². The topological polar surface area (TPSA) is 79.8 Å². The average Bonchev–Trinajstić information content (AvgIpc) is 2.91. The van der Waals surface area contributed by atoms with Crippen molar-refractivity contribution in [2.24, 2.45) is 0 Å². The predicted molar refractivity (Wildman–Crippen MR) is 78.6 cm³/mol. The highest BCUT2D eigenvalue weighted by atomic mass is 16.2. The maximum Gasteiger partial charge on any atom is 0.348 e. The van der Waals surface area contributed by atoms with Gasteiger partial charge in [-0.15, -0.1) is 5.10 Å². The molecule has 0 saturated carbocycles. The van der Waals surface area contributed by atoms with Crippen LogP contribution in [0.1, 0.15) is 10.6 Å². The van der Waals surface area contributed by atoms with E-state index in [1.807, 2.05) is 12.1 Å². The van der Waals surface area contributed by atoms with E-state index in [1.165, 1.54) is 0 Å². The van der Waals surface area contributed by atoms with E-state index in [-0.39, 0.29) is 5.82 Å². The molecule has 0 aliphatic carbocycles. The SMILES string of the molecule is O=C(Nc1ccccc1)c1nn(-c2ccccc2)c(=O)[nH]1. The van der Waals surface area contributed by atoms with E-state index in [0.717, 1.165) is 4.68 Å². The lowest BCUT2D eigenvalue weighted by atomic mass is 10.3. The fraction of sp³-hybridized carbons (Fsp3) is 0. The number of nitrogens with one attached hydrogen (secondary N) is 2. The molecule has 1 amide bonds. The lowest BCUT2D eigenvalue weighted by Gasteiger charge is -2.01. The van der Waals surface area contributed by atoms with Crippen LogP contribution in [-0.2, 0) is 0 Å². The first-order chi connectivity index (χ1) is 10.2. The van der Waals surface area contributed by atoms with E-state index in [1.54, 1.807) is 48.5 Å². The van der Waals surface area contributed by atoms with Gasteiger partial charge in [0.25, 0.3) is 5.91 Å². The molecule has 0 spiro atoms. The van der Waals surface area contributed by atoms with Gasteiger partial charge in [0.15, 0.2) is 0 Å². The van der Waals surface area contributed by atoms with E-state index < -0.39 is 11.6 Å². The van der Waals surface area contributed by atoms with Gasteiger partial charge in [-0.3, -0.25) is 9.78 Å². The van der Waals surface area contributed by atoms with Gasteiger partial charge in [0.05, 0.1) is 5.69 Å². The smallest absolute Gasteiger partial charge is 0.319 e. The summed E-state index contributed by atoms with van der Waals surface area (Å²) in [7, 11) is 0. The fourth-order valence-electron chi connectivity index (χ4n) is 1.88. The van der Waals surface area contributed by atoms with Gasteiger partial charge in [-0.05, 0) is 24.3 Å². The maximum absolute atomic E-state index is 12.1. The predicted octanol–water partition coefficient (Wildman–Crippen LogP) is 1.81. The van der Waals surface area contributed by atoms with Crippen LogP contribution in [0.25, 0.3) is 5.69 Å². The summed E-state index contributed by atoms with van der Waals surface area (Å²) in [5, 5.41) is 6.68. The number of hydrogen-bond acceptors (Lipinski definition) is 3. The molecule has 0 radical (unpaired) electrons. The number of aromatic amines is 1. The van der Waals surface area contributed by atoms with E-state index in [2.05, 4.69) is 15.4 Å². The number of aromatic nitrogens is 3. The molecule has 21 heavy (non-hydrogen) atoms. The van der Waals surface area contributed by atoms with E-state index in [4.69, 9.17) is 0 Å². The van der Waals surface area contributed by atoms with Crippen LogP contribution in [-0.4, -0.2) is 20.7 Å². The number of anilines is 1. The monoisotopic (exact) mass is 280 g/mol. The summed E-state index contributed by atoms with van der Waals surface area (Å²) in [6.07, 6.45) is 0. The van der Waals surface area contributed by atoms with Gasteiger partial charge >= 0.3 is 5.69 Å². The summed E-state index contributed by atoms with van der Waals surface area (Å²) in [5.41, 5.74) is 0.773. The second-order valence-corrected chi connectivity index (χ2v) is 4.35. The minimum Gasteiger partial charge on any atom is -0.319 e. The van der Waals surface area contributed by atoms with Crippen LogP contribution < -0.4 is 11.0 Å². The highest BCUT2D eigenvalue weighted by Crippen LogP contribution is 2.07. The van der Waals surface area contributed by atoms with Crippen molar-refractivity contribution in [3.63, 3.8) is 0 Å². The third-order valence-electron chi connectivity index (χ3n) is 2.87. The Hall–Kier alpha value is -3.15. The molecule has 2 aromatic carbocycles. The lowest BCUT2D eigenvalue weighted by Crippen LogP contribution is -2.15. The first-order valence-corrected chi connectivity index (χ1v) is 6.35. The molecule has 0 fully saturated rings. The number of nitrogens with zero attached hydrogens (tertiary/aromatic N) is 2. The molecule has 0 atom stereocenters. The van der Waals surface area contributed by atoms with Crippen LogP contribution in [0.2, 0.25) is 0 Å². The van der Waals surface area contributed by atoms with E-state index >= 15 is 0 Å². The molecule has 1 aromatic heterocycles. The van der Waals surface area contributed by atoms with Crippen molar-refractivity contribution < 1.29 is 4.79 Å². The van der Waals surface area contributed by atoms with Crippen molar-refractivity contribution in [1.29, 1.82) is 0 Å². The highest BCUT2D eigenvalue weighted by molar-refractivity contribution is 6.01. The van der Waals surface area contributed by atoms with Gasteiger partial charge in [-0.2, -0.15) is 4.68 Å². The molecule has 0 saturated heterocycles. The largest absolute Gasteiger partial charge is 0.348 e. The molecule has 0 unspecified atom stereocenters. The van der Waals surface area contributed by atoms with Crippen LogP contribution >= 0.6 is 0 Å². The van der Waals surface area contributed by atoms with Gasteiger partial charge in [-0.25, -0.2) is 4.79 Å². The van der Waals surface area contributed by atoms with E-state index in [0.29, 0.717) is 11.4 Å². The molecule has 6 nitrogen and oxygen atoms in total. The first kappa shape index (κ1) is 12.9. The van der Waals surface area contributed by atoms with Gasteiger partial charge in [0.2, 0.25) is 5.82 Å². The summed E-state index contributed by atoms with van der Waals surface area (Å²) in [5.74, 6) is -0.499. The molecule has 3 rings (SSSR count). The van der Waals surface area contributed by atoms with Crippen molar-refractivity contribution in [2.45, 2.75) is 0 Å². The number of carbonyl (C=O) groups is 1. The maximum atomic E-state index is 12.1. The zero-order valence-corrected chi connectivity index (χ0v) is 11.0. The number of carbonyl (C=O) groups excluding carboxylic acids is 1.